The Kier molecular flexibility index (Phi) is 7.15. The number of nitrogens with zero attached hydrogens (tertiary/aromatic N) is 5. The van der Waals surface area contributed by atoms with E-state index in [9.17, 15) is 30.8 Å². The second-order valence-corrected chi connectivity index (χ2v) is 11.7. The minimum atomic E-state index is -4.72. The molecule has 3 heterocycles. The summed E-state index contributed by atoms with van der Waals surface area (Å²) in [5.74, 6) is -1.24. The first kappa shape index (κ1) is 28.4. The van der Waals surface area contributed by atoms with Crippen molar-refractivity contribution in [3.05, 3.63) is 95.4 Å². The van der Waals surface area contributed by atoms with E-state index in [4.69, 9.17) is 5.73 Å². The molecule has 1 aliphatic heterocycles. The third-order valence-corrected chi connectivity index (χ3v) is 8.89. The number of Topliss-reactive ketones (excluding diaryl/α,β-unsaturated/α-hetero) is 1. The van der Waals surface area contributed by atoms with Gasteiger partial charge in [0.2, 0.25) is 0 Å². The van der Waals surface area contributed by atoms with Crippen LogP contribution in [0.25, 0.3) is 0 Å². The highest BCUT2D eigenvalue weighted by Gasteiger charge is 2.52. The van der Waals surface area contributed by atoms with Gasteiger partial charge in [-0.15, -0.1) is 0 Å². The van der Waals surface area contributed by atoms with Gasteiger partial charge in [0.05, 0.1) is 22.4 Å². The van der Waals surface area contributed by atoms with Crippen molar-refractivity contribution in [3.63, 3.8) is 0 Å². The van der Waals surface area contributed by atoms with Crippen LogP contribution < -0.4 is 5.73 Å². The number of carbonyl (C=O) groups is 1. The van der Waals surface area contributed by atoms with Gasteiger partial charge < -0.3 is 5.73 Å². The molecule has 1 fully saturated rings. The van der Waals surface area contributed by atoms with Gasteiger partial charge in [-0.3, -0.25) is 14.5 Å². The first-order valence-electron chi connectivity index (χ1n) is 12.4. The van der Waals surface area contributed by atoms with Gasteiger partial charge in [-0.2, -0.15) is 22.6 Å². The number of alkyl halides is 3. The summed E-state index contributed by atoms with van der Waals surface area (Å²) in [6.07, 6.45) is 0.379. The van der Waals surface area contributed by atoms with E-state index >= 15 is 0 Å². The number of fused-ring (bicyclic) bond motifs is 1. The molecule has 0 spiro atoms. The van der Waals surface area contributed by atoms with E-state index < -0.39 is 44.5 Å². The van der Waals surface area contributed by atoms with Crippen molar-refractivity contribution in [2.45, 2.75) is 24.0 Å². The zero-order chi connectivity index (χ0) is 29.6. The predicted molar refractivity (Wildman–Crippen MR) is 141 cm³/mol. The molecule has 1 aromatic carbocycles. The number of allylic oxidation sites excluding steroid dienone is 2. The van der Waals surface area contributed by atoms with E-state index in [1.165, 1.54) is 47.4 Å². The van der Waals surface area contributed by atoms with Crippen molar-refractivity contribution in [3.8, 4) is 0 Å². The number of aromatic nitrogens is 3. The third-order valence-electron chi connectivity index (χ3n) is 7.15. The van der Waals surface area contributed by atoms with Gasteiger partial charge in [0.15, 0.2) is 10.8 Å². The molecular formula is C27H24F4N6O3S. The molecule has 3 aromatic rings. The normalized spacial score (nSPS) is 22.0. The fourth-order valence-corrected chi connectivity index (χ4v) is 6.52. The Balaban J connectivity index is 1.64. The van der Waals surface area contributed by atoms with Crippen LogP contribution in [0.3, 0.4) is 0 Å². The fourth-order valence-electron chi connectivity index (χ4n) is 5.07. The third kappa shape index (κ3) is 5.32. The van der Waals surface area contributed by atoms with Gasteiger partial charge in [0.25, 0.3) is 10.0 Å². The van der Waals surface area contributed by atoms with E-state index in [2.05, 4.69) is 15.1 Å². The Morgan fingerprint density at radius 2 is 1.90 bits per heavy atom. The van der Waals surface area contributed by atoms with Crippen LogP contribution in [0.15, 0.2) is 88.3 Å². The van der Waals surface area contributed by atoms with Crippen molar-refractivity contribution in [1.82, 2.24) is 19.1 Å². The van der Waals surface area contributed by atoms with E-state index in [1.807, 2.05) is 0 Å². The van der Waals surface area contributed by atoms with Gasteiger partial charge in [-0.25, -0.2) is 17.8 Å². The molecule has 0 bridgehead atoms. The zero-order valence-electron chi connectivity index (χ0n) is 21.6. The monoisotopic (exact) mass is 588 g/mol. The highest BCUT2D eigenvalue weighted by atomic mass is 32.2. The van der Waals surface area contributed by atoms with Crippen molar-refractivity contribution >= 4 is 27.2 Å². The van der Waals surface area contributed by atoms with E-state index in [0.29, 0.717) is 28.6 Å². The molecule has 1 atom stereocenters. The molecule has 0 unspecified atom stereocenters. The number of ketones is 1. The number of piperidine rings is 1. The van der Waals surface area contributed by atoms with Gasteiger partial charge >= 0.3 is 6.18 Å². The highest BCUT2D eigenvalue weighted by molar-refractivity contribution is 7.89. The molecule has 5 rings (SSSR count). The average molecular weight is 589 g/mol. The lowest BCUT2D eigenvalue weighted by atomic mass is 9.64. The van der Waals surface area contributed by atoms with Crippen LogP contribution in [-0.2, 0) is 23.2 Å². The van der Waals surface area contributed by atoms with Crippen LogP contribution in [0.5, 0.6) is 0 Å². The molecule has 1 saturated heterocycles. The molecule has 214 valence electrons. The Morgan fingerprint density at radius 3 is 2.54 bits per heavy atom. The van der Waals surface area contributed by atoms with Crippen LogP contribution in [0.2, 0.25) is 0 Å². The molecule has 2 aliphatic rings. The number of hydrogen-bond acceptors (Lipinski definition) is 7. The highest BCUT2D eigenvalue weighted by Crippen LogP contribution is 2.48. The number of hydrogen-bond donors (Lipinski definition) is 1. The quantitative estimate of drug-likeness (QED) is 0.352. The number of sulfonamides is 1. The summed E-state index contributed by atoms with van der Waals surface area (Å²) in [6.45, 7) is -0.392. The Labute approximate surface area is 232 Å². The largest absolute Gasteiger partial charge is 0.416 e. The standard InChI is InChI=1S/C27H24F4N6O3S/c1-36-10-8-24(35-36)41(39,40)37-11-7-18-12-22(34-21-4-2-20(28)3-5-21)17(15-32)14-26(18,16-37)25(38)23-13-19(6-9-33-23)27(29,30)31/h2-6,8-10,12-13,15H,7,11,14,16,32H2,1H3/t26-/m0/s1. The Bertz CT molecular complexity index is 1710. The lowest BCUT2D eigenvalue weighted by molar-refractivity contribution is -0.137. The Hall–Kier alpha value is -4.17. The fraction of sp³-hybridized carbons (Fsp3) is 0.259. The summed E-state index contributed by atoms with van der Waals surface area (Å²) in [4.78, 5) is 22.6. The second-order valence-electron chi connectivity index (χ2n) is 9.77. The van der Waals surface area contributed by atoms with Gasteiger partial charge in [0.1, 0.15) is 11.5 Å². The molecule has 2 N–H and O–H groups in total. The van der Waals surface area contributed by atoms with Crippen LogP contribution in [0, 0.1) is 11.2 Å². The van der Waals surface area contributed by atoms with Gasteiger partial charge in [-0.05, 0) is 73.2 Å². The number of benzene rings is 1. The maximum absolute atomic E-state index is 14.2. The number of halogens is 4. The molecule has 1 aliphatic carbocycles. The molecule has 14 heteroatoms. The van der Waals surface area contributed by atoms with E-state index in [1.54, 1.807) is 13.1 Å². The molecule has 0 radical (unpaired) electrons. The van der Waals surface area contributed by atoms with Gasteiger partial charge in [-0.1, -0.05) is 5.57 Å². The van der Waals surface area contributed by atoms with Gasteiger partial charge in [0, 0.05) is 32.5 Å². The van der Waals surface area contributed by atoms with Crippen LogP contribution in [0.1, 0.15) is 28.9 Å². The van der Waals surface area contributed by atoms with Crippen molar-refractivity contribution < 1.29 is 30.8 Å². The van der Waals surface area contributed by atoms with Crippen LogP contribution in [-0.4, -0.2) is 52.1 Å². The number of aryl methyl sites for hydroxylation is 1. The number of aliphatic imine (C=N–C) groups is 1. The lowest BCUT2D eigenvalue weighted by Crippen LogP contribution is -2.53. The maximum Gasteiger partial charge on any atom is 0.416 e. The average Bonchev–Trinajstić information content (AvgIpc) is 3.40. The first-order chi connectivity index (χ1) is 19.3. The molecule has 41 heavy (non-hydrogen) atoms. The number of pyridine rings is 1. The van der Waals surface area contributed by atoms with Crippen molar-refractivity contribution in [1.29, 1.82) is 0 Å². The molecule has 0 saturated carbocycles. The first-order valence-corrected chi connectivity index (χ1v) is 13.8. The van der Waals surface area contributed by atoms with Crippen LogP contribution in [0.4, 0.5) is 23.2 Å². The summed E-state index contributed by atoms with van der Waals surface area (Å²) in [5, 5.41) is 3.77. The topological polar surface area (TPSA) is 124 Å². The summed E-state index contributed by atoms with van der Waals surface area (Å²) in [5.41, 5.74) is 4.40. The van der Waals surface area contributed by atoms with Crippen LogP contribution >= 0.6 is 0 Å². The molecular weight excluding hydrogens is 564 g/mol. The Morgan fingerprint density at radius 1 is 1.17 bits per heavy atom. The molecule has 9 nitrogen and oxygen atoms in total. The molecule has 2 aromatic heterocycles. The molecule has 0 amide bonds. The predicted octanol–water partition coefficient (Wildman–Crippen LogP) is 4.18. The summed E-state index contributed by atoms with van der Waals surface area (Å²) in [6, 6.07) is 8.11. The number of carbonyl (C=O) groups excluding carboxylic acids is 1. The summed E-state index contributed by atoms with van der Waals surface area (Å²) >= 11 is 0. The second kappa shape index (κ2) is 10.3. The number of rotatable bonds is 5. The minimum Gasteiger partial charge on any atom is -0.404 e. The van der Waals surface area contributed by atoms with Crippen molar-refractivity contribution in [2.24, 2.45) is 23.2 Å². The maximum atomic E-state index is 14.2. The lowest BCUT2D eigenvalue weighted by Gasteiger charge is -2.45. The smallest absolute Gasteiger partial charge is 0.404 e. The van der Waals surface area contributed by atoms with Crippen molar-refractivity contribution in [2.75, 3.05) is 13.1 Å². The summed E-state index contributed by atoms with van der Waals surface area (Å²) < 4.78 is 83.4. The minimum absolute atomic E-state index is 0.0126. The van der Waals surface area contributed by atoms with E-state index in [-0.39, 0.29) is 31.0 Å². The van der Waals surface area contributed by atoms with E-state index in [0.717, 1.165) is 16.6 Å². The SMILES string of the molecule is Cn1ccc(S(=O)(=O)N2CCC3=CC(=Nc4ccc(F)cc4)C(=CN)C[C@]3(C(=O)c3cc(C(F)(F)F)ccn3)C2)n1. The zero-order valence-corrected chi connectivity index (χ0v) is 22.5. The summed E-state index contributed by atoms with van der Waals surface area (Å²) in [7, 11) is -2.60. The number of nitrogens with two attached hydrogens (primary N) is 1.